The predicted octanol–water partition coefficient (Wildman–Crippen LogP) is 1.30. The molecule has 0 bridgehead atoms. The van der Waals surface area contributed by atoms with E-state index in [-0.39, 0.29) is 5.41 Å². The molecule has 0 aliphatic carbocycles. The molecule has 0 atom stereocenters. The Labute approximate surface area is 60.2 Å². The lowest BCUT2D eigenvalue weighted by molar-refractivity contribution is -0.0518. The smallest absolute Gasteiger partial charge is 0.0597 e. The normalized spacial score (nSPS) is 22.1. The Morgan fingerprint density at radius 3 is 2.80 bits per heavy atom. The number of hydrogen-bond donors (Lipinski definition) is 1. The van der Waals surface area contributed by atoms with Crippen molar-refractivity contribution in [2.24, 2.45) is 0 Å². The van der Waals surface area contributed by atoms with Crippen molar-refractivity contribution >= 4 is 0 Å². The highest BCUT2D eigenvalue weighted by Gasteiger charge is 2.35. The van der Waals surface area contributed by atoms with Crippen LogP contribution in [0.15, 0.2) is 18.3 Å². The largest absolute Gasteiger partial charge is 0.379 e. The number of aromatic nitrogens is 1. The first-order valence-electron chi connectivity index (χ1n) is 3.53. The number of rotatable bonds is 1. The number of aromatic amines is 1. The number of nitrogens with one attached hydrogen (secondary N) is 1. The van der Waals surface area contributed by atoms with Gasteiger partial charge in [0.05, 0.1) is 18.6 Å². The van der Waals surface area contributed by atoms with Crippen molar-refractivity contribution < 1.29 is 4.74 Å². The van der Waals surface area contributed by atoms with Gasteiger partial charge in [-0.25, -0.2) is 0 Å². The molecule has 0 spiro atoms. The molecule has 0 amide bonds. The standard InChI is InChI=1S/C8H11NO/c1-8(5-10-6-8)7-3-2-4-9-7/h2-4,9H,5-6H2,1H3. The summed E-state index contributed by atoms with van der Waals surface area (Å²) in [5, 5.41) is 0. The average Bonchev–Trinajstić information content (AvgIpc) is 2.33. The third-order valence-corrected chi connectivity index (χ3v) is 2.09. The lowest BCUT2D eigenvalue weighted by Crippen LogP contribution is -2.44. The van der Waals surface area contributed by atoms with Gasteiger partial charge in [0.1, 0.15) is 0 Å². The topological polar surface area (TPSA) is 25.0 Å². The molecule has 54 valence electrons. The molecule has 1 aromatic rings. The Kier molecular flexibility index (Phi) is 1.11. The van der Waals surface area contributed by atoms with E-state index in [1.54, 1.807) is 0 Å². The van der Waals surface area contributed by atoms with Crippen LogP contribution in [0.1, 0.15) is 12.6 Å². The molecule has 1 aromatic heterocycles. The van der Waals surface area contributed by atoms with Crippen molar-refractivity contribution in [3.63, 3.8) is 0 Å². The highest BCUT2D eigenvalue weighted by Crippen LogP contribution is 2.29. The van der Waals surface area contributed by atoms with Crippen molar-refractivity contribution in [1.82, 2.24) is 4.98 Å². The summed E-state index contributed by atoms with van der Waals surface area (Å²) in [7, 11) is 0. The summed E-state index contributed by atoms with van der Waals surface area (Å²) in [5.74, 6) is 0. The summed E-state index contributed by atoms with van der Waals surface area (Å²) < 4.78 is 5.14. The van der Waals surface area contributed by atoms with Gasteiger partial charge in [-0.3, -0.25) is 0 Å². The van der Waals surface area contributed by atoms with E-state index in [1.165, 1.54) is 5.69 Å². The van der Waals surface area contributed by atoms with Crippen LogP contribution in [0.3, 0.4) is 0 Å². The second-order valence-electron chi connectivity index (χ2n) is 3.14. The maximum absolute atomic E-state index is 5.14. The van der Waals surface area contributed by atoms with E-state index < -0.39 is 0 Å². The number of H-pyrrole nitrogens is 1. The Bertz CT molecular complexity index is 211. The summed E-state index contributed by atoms with van der Waals surface area (Å²) in [6, 6.07) is 4.14. The first-order chi connectivity index (χ1) is 4.81. The maximum atomic E-state index is 5.14. The molecule has 2 nitrogen and oxygen atoms in total. The average molecular weight is 137 g/mol. The highest BCUT2D eigenvalue weighted by molar-refractivity contribution is 5.18. The van der Waals surface area contributed by atoms with Crippen molar-refractivity contribution in [3.8, 4) is 0 Å². The minimum atomic E-state index is 0.267. The molecule has 0 aromatic carbocycles. The molecule has 1 saturated heterocycles. The van der Waals surface area contributed by atoms with Crippen LogP contribution in [0, 0.1) is 0 Å². The van der Waals surface area contributed by atoms with E-state index in [2.05, 4.69) is 18.0 Å². The molecular weight excluding hydrogens is 126 g/mol. The van der Waals surface area contributed by atoms with E-state index >= 15 is 0 Å². The second kappa shape index (κ2) is 1.86. The van der Waals surface area contributed by atoms with E-state index in [1.807, 2.05) is 12.3 Å². The first kappa shape index (κ1) is 5.98. The zero-order chi connectivity index (χ0) is 7.03. The molecule has 2 rings (SSSR count). The van der Waals surface area contributed by atoms with Gasteiger partial charge in [0, 0.05) is 11.9 Å². The number of hydrogen-bond acceptors (Lipinski definition) is 1. The zero-order valence-electron chi connectivity index (χ0n) is 6.05. The monoisotopic (exact) mass is 137 g/mol. The fourth-order valence-corrected chi connectivity index (χ4v) is 1.27. The molecule has 2 heteroatoms. The predicted molar refractivity (Wildman–Crippen MR) is 39.0 cm³/mol. The maximum Gasteiger partial charge on any atom is 0.0597 e. The fourth-order valence-electron chi connectivity index (χ4n) is 1.27. The van der Waals surface area contributed by atoms with Crippen LogP contribution in [-0.2, 0) is 10.2 Å². The van der Waals surface area contributed by atoms with Crippen molar-refractivity contribution in [3.05, 3.63) is 24.0 Å². The van der Waals surface area contributed by atoms with Crippen molar-refractivity contribution in [1.29, 1.82) is 0 Å². The summed E-state index contributed by atoms with van der Waals surface area (Å²) >= 11 is 0. The Hall–Kier alpha value is -0.760. The summed E-state index contributed by atoms with van der Waals surface area (Å²) in [6.07, 6.45) is 1.96. The van der Waals surface area contributed by atoms with E-state index in [0.29, 0.717) is 0 Å². The van der Waals surface area contributed by atoms with E-state index in [0.717, 1.165) is 13.2 Å². The minimum Gasteiger partial charge on any atom is -0.379 e. The highest BCUT2D eigenvalue weighted by atomic mass is 16.5. The molecule has 1 N–H and O–H groups in total. The Morgan fingerprint density at radius 2 is 2.40 bits per heavy atom. The van der Waals surface area contributed by atoms with Gasteiger partial charge < -0.3 is 9.72 Å². The summed E-state index contributed by atoms with van der Waals surface area (Å²) in [4.78, 5) is 3.20. The van der Waals surface area contributed by atoms with Gasteiger partial charge in [0.2, 0.25) is 0 Å². The van der Waals surface area contributed by atoms with Crippen molar-refractivity contribution in [2.45, 2.75) is 12.3 Å². The molecule has 0 saturated carbocycles. The van der Waals surface area contributed by atoms with E-state index in [4.69, 9.17) is 4.74 Å². The van der Waals surface area contributed by atoms with Crippen LogP contribution in [0.25, 0.3) is 0 Å². The second-order valence-corrected chi connectivity index (χ2v) is 3.14. The third-order valence-electron chi connectivity index (χ3n) is 2.09. The Balaban J connectivity index is 2.27. The van der Waals surface area contributed by atoms with Crippen molar-refractivity contribution in [2.75, 3.05) is 13.2 Å². The van der Waals surface area contributed by atoms with Gasteiger partial charge in [0.15, 0.2) is 0 Å². The molecule has 1 aliphatic rings. The quantitative estimate of drug-likeness (QED) is 0.620. The van der Waals surface area contributed by atoms with Gasteiger partial charge in [-0.15, -0.1) is 0 Å². The minimum absolute atomic E-state index is 0.267. The molecule has 0 unspecified atom stereocenters. The van der Waals surface area contributed by atoms with Gasteiger partial charge in [-0.1, -0.05) is 0 Å². The van der Waals surface area contributed by atoms with E-state index in [9.17, 15) is 0 Å². The number of ether oxygens (including phenoxy) is 1. The SMILES string of the molecule is CC1(c2ccc[nH]2)COC1. The molecule has 1 fully saturated rings. The molecule has 10 heavy (non-hydrogen) atoms. The fraction of sp³-hybridized carbons (Fsp3) is 0.500. The van der Waals surface area contributed by atoms with Crippen LogP contribution in [0.2, 0.25) is 0 Å². The van der Waals surface area contributed by atoms with Gasteiger partial charge in [-0.2, -0.15) is 0 Å². The zero-order valence-corrected chi connectivity index (χ0v) is 6.05. The lowest BCUT2D eigenvalue weighted by Gasteiger charge is -2.37. The lowest BCUT2D eigenvalue weighted by atomic mass is 9.85. The summed E-state index contributed by atoms with van der Waals surface area (Å²) in [5.41, 5.74) is 1.56. The van der Waals surface area contributed by atoms with Crippen LogP contribution in [0.5, 0.6) is 0 Å². The molecule has 1 aliphatic heterocycles. The van der Waals surface area contributed by atoms with Gasteiger partial charge >= 0.3 is 0 Å². The molecular formula is C8H11NO. The van der Waals surface area contributed by atoms with Gasteiger partial charge in [0.25, 0.3) is 0 Å². The first-order valence-corrected chi connectivity index (χ1v) is 3.53. The molecule has 2 heterocycles. The Morgan fingerprint density at radius 1 is 1.60 bits per heavy atom. The van der Waals surface area contributed by atoms with Crippen LogP contribution in [0.4, 0.5) is 0 Å². The van der Waals surface area contributed by atoms with Crippen LogP contribution in [-0.4, -0.2) is 18.2 Å². The van der Waals surface area contributed by atoms with Crippen LogP contribution >= 0.6 is 0 Å². The van der Waals surface area contributed by atoms with Gasteiger partial charge in [-0.05, 0) is 19.1 Å². The summed E-state index contributed by atoms with van der Waals surface area (Å²) in [6.45, 7) is 3.92. The van der Waals surface area contributed by atoms with Crippen LogP contribution < -0.4 is 0 Å². The molecule has 0 radical (unpaired) electrons. The third kappa shape index (κ3) is 0.688.